The fourth-order valence-corrected chi connectivity index (χ4v) is 2.05. The third kappa shape index (κ3) is 3.86. The zero-order valence-electron chi connectivity index (χ0n) is 10.6. The summed E-state index contributed by atoms with van der Waals surface area (Å²) in [6.07, 6.45) is 1.52. The Bertz CT molecular complexity index is 606. The van der Waals surface area contributed by atoms with E-state index in [4.69, 9.17) is 4.42 Å². The van der Waals surface area contributed by atoms with E-state index < -0.39 is 11.9 Å². The van der Waals surface area contributed by atoms with Crippen molar-refractivity contribution in [3.63, 3.8) is 0 Å². The van der Waals surface area contributed by atoms with Gasteiger partial charge in [0.15, 0.2) is 5.58 Å². The summed E-state index contributed by atoms with van der Waals surface area (Å²) in [5.41, 5.74) is 1.40. The van der Waals surface area contributed by atoms with Crippen molar-refractivity contribution >= 4 is 34.8 Å². The fourth-order valence-electron chi connectivity index (χ4n) is 1.41. The van der Waals surface area contributed by atoms with Crippen molar-refractivity contribution in [2.75, 3.05) is 12.3 Å². The van der Waals surface area contributed by atoms with Gasteiger partial charge in [-0.2, -0.15) is 0 Å². The van der Waals surface area contributed by atoms with E-state index >= 15 is 0 Å². The lowest BCUT2D eigenvalue weighted by molar-refractivity contribution is -0.117. The lowest BCUT2D eigenvalue weighted by atomic mass is 10.3. The number of nitrogens with zero attached hydrogens (tertiary/aromatic N) is 1. The summed E-state index contributed by atoms with van der Waals surface area (Å²) in [6.45, 7) is 3.76. The summed E-state index contributed by atoms with van der Waals surface area (Å²) in [4.78, 5) is 27.0. The van der Waals surface area contributed by atoms with Gasteiger partial charge < -0.3 is 9.73 Å². The van der Waals surface area contributed by atoms with Crippen LogP contribution in [0.5, 0.6) is 0 Å². The Morgan fingerprint density at radius 3 is 2.95 bits per heavy atom. The summed E-state index contributed by atoms with van der Waals surface area (Å²) in [5.74, 6) is -0.368. The summed E-state index contributed by atoms with van der Waals surface area (Å²) in [7, 11) is 0. The Morgan fingerprint density at radius 2 is 2.20 bits per heavy atom. The highest BCUT2D eigenvalue weighted by molar-refractivity contribution is 7.99. The van der Waals surface area contributed by atoms with Crippen LogP contribution < -0.4 is 10.6 Å². The molecule has 0 spiro atoms. The van der Waals surface area contributed by atoms with Gasteiger partial charge in [-0.3, -0.25) is 10.1 Å². The first-order chi connectivity index (χ1) is 9.69. The van der Waals surface area contributed by atoms with Crippen molar-refractivity contribution < 1.29 is 14.0 Å². The van der Waals surface area contributed by atoms with E-state index in [2.05, 4.69) is 22.2 Å². The molecule has 0 atom stereocenters. The number of oxazole rings is 1. The lowest BCUT2D eigenvalue weighted by Crippen LogP contribution is -2.40. The molecule has 0 saturated carbocycles. The minimum absolute atomic E-state index is 0.0499. The number of carbonyl (C=O) groups excluding carboxylic acids is 2. The molecule has 1 heterocycles. The molecule has 0 bridgehead atoms. The molecule has 0 aliphatic rings. The molecule has 2 rings (SSSR count). The second-order valence-corrected chi connectivity index (χ2v) is 4.71. The molecule has 0 aliphatic carbocycles. The predicted octanol–water partition coefficient (Wildman–Crippen LogP) is 1.93. The maximum Gasteiger partial charge on any atom is 0.321 e. The number of amides is 3. The number of nitrogens with one attached hydrogen (secondary N) is 2. The Hall–Kier alpha value is -2.28. The smallest absolute Gasteiger partial charge is 0.321 e. The van der Waals surface area contributed by atoms with Gasteiger partial charge in [0, 0.05) is 6.54 Å². The zero-order valence-corrected chi connectivity index (χ0v) is 11.4. The molecule has 7 heteroatoms. The monoisotopic (exact) mass is 291 g/mol. The van der Waals surface area contributed by atoms with Gasteiger partial charge in [0.05, 0.1) is 5.75 Å². The SMILES string of the molecule is C=CCNC(=O)NC(=O)CSc1nc2ccccc2o1. The number of carbonyl (C=O) groups is 2. The van der Waals surface area contributed by atoms with Crippen LogP contribution in [0.3, 0.4) is 0 Å². The number of hydrogen-bond donors (Lipinski definition) is 2. The molecule has 104 valence electrons. The van der Waals surface area contributed by atoms with Gasteiger partial charge in [0.1, 0.15) is 5.52 Å². The molecule has 1 aromatic heterocycles. The van der Waals surface area contributed by atoms with Crippen LogP contribution in [0.4, 0.5) is 4.79 Å². The van der Waals surface area contributed by atoms with Crippen molar-refractivity contribution in [3.05, 3.63) is 36.9 Å². The molecule has 1 aromatic carbocycles. The molecule has 20 heavy (non-hydrogen) atoms. The van der Waals surface area contributed by atoms with Crippen LogP contribution >= 0.6 is 11.8 Å². The molecule has 6 nitrogen and oxygen atoms in total. The van der Waals surface area contributed by atoms with Crippen LogP contribution in [0.1, 0.15) is 0 Å². The number of urea groups is 1. The van der Waals surface area contributed by atoms with Gasteiger partial charge in [-0.15, -0.1) is 6.58 Å². The molecule has 0 unspecified atom stereocenters. The largest absolute Gasteiger partial charge is 0.431 e. The van der Waals surface area contributed by atoms with E-state index in [0.717, 1.165) is 17.3 Å². The summed E-state index contributed by atoms with van der Waals surface area (Å²) in [5, 5.41) is 5.03. The van der Waals surface area contributed by atoms with Gasteiger partial charge in [-0.25, -0.2) is 9.78 Å². The van der Waals surface area contributed by atoms with Crippen molar-refractivity contribution in [2.45, 2.75) is 5.22 Å². The summed E-state index contributed by atoms with van der Waals surface area (Å²) >= 11 is 1.13. The number of aromatic nitrogens is 1. The standard InChI is InChI=1S/C13H13N3O3S/c1-2-7-14-12(18)16-11(17)8-20-13-15-9-5-3-4-6-10(9)19-13/h2-6H,1,7-8H2,(H2,14,16,17,18). The average molecular weight is 291 g/mol. The number of fused-ring (bicyclic) bond motifs is 1. The molecule has 2 aromatic rings. The van der Waals surface area contributed by atoms with E-state index in [-0.39, 0.29) is 5.75 Å². The summed E-state index contributed by atoms with van der Waals surface area (Å²) < 4.78 is 5.45. The highest BCUT2D eigenvalue weighted by atomic mass is 32.2. The predicted molar refractivity (Wildman–Crippen MR) is 76.5 cm³/mol. The maximum absolute atomic E-state index is 11.5. The van der Waals surface area contributed by atoms with E-state index in [1.165, 1.54) is 6.08 Å². The topological polar surface area (TPSA) is 84.2 Å². The van der Waals surface area contributed by atoms with Crippen LogP contribution in [0, 0.1) is 0 Å². The molecule has 2 N–H and O–H groups in total. The van der Waals surface area contributed by atoms with Crippen molar-refractivity contribution in [3.8, 4) is 0 Å². The van der Waals surface area contributed by atoms with E-state index in [1.54, 1.807) is 6.07 Å². The van der Waals surface area contributed by atoms with Crippen molar-refractivity contribution in [2.24, 2.45) is 0 Å². The first kappa shape index (κ1) is 14.1. The molecular formula is C13H13N3O3S. The number of hydrogen-bond acceptors (Lipinski definition) is 5. The van der Waals surface area contributed by atoms with Crippen LogP contribution in [0.25, 0.3) is 11.1 Å². The van der Waals surface area contributed by atoms with Gasteiger partial charge in [-0.05, 0) is 12.1 Å². The van der Waals surface area contributed by atoms with Crippen molar-refractivity contribution in [1.29, 1.82) is 0 Å². The molecular weight excluding hydrogens is 278 g/mol. The molecule has 0 aliphatic heterocycles. The third-order valence-corrected chi connectivity index (χ3v) is 3.09. The number of thioether (sulfide) groups is 1. The fraction of sp³-hybridized carbons (Fsp3) is 0.154. The van der Waals surface area contributed by atoms with Gasteiger partial charge >= 0.3 is 6.03 Å². The first-order valence-corrected chi connectivity index (χ1v) is 6.84. The van der Waals surface area contributed by atoms with E-state index in [0.29, 0.717) is 17.4 Å². The maximum atomic E-state index is 11.5. The normalized spacial score (nSPS) is 10.2. The van der Waals surface area contributed by atoms with Gasteiger partial charge in [0.2, 0.25) is 5.91 Å². The Balaban J connectivity index is 1.83. The van der Waals surface area contributed by atoms with E-state index in [9.17, 15) is 9.59 Å². The van der Waals surface area contributed by atoms with Crippen LogP contribution in [-0.4, -0.2) is 29.2 Å². The Morgan fingerprint density at radius 1 is 1.40 bits per heavy atom. The molecule has 0 saturated heterocycles. The molecule has 3 amide bonds. The average Bonchev–Trinajstić information content (AvgIpc) is 2.85. The van der Waals surface area contributed by atoms with Crippen LogP contribution in [0.15, 0.2) is 46.6 Å². The number of para-hydroxylation sites is 2. The number of imide groups is 1. The lowest BCUT2D eigenvalue weighted by Gasteiger charge is -2.03. The highest BCUT2D eigenvalue weighted by Gasteiger charge is 2.10. The Labute approximate surface area is 119 Å². The van der Waals surface area contributed by atoms with Crippen molar-refractivity contribution in [1.82, 2.24) is 15.6 Å². The minimum Gasteiger partial charge on any atom is -0.431 e. The molecule has 0 radical (unpaired) electrons. The van der Waals surface area contributed by atoms with Crippen LogP contribution in [-0.2, 0) is 4.79 Å². The highest BCUT2D eigenvalue weighted by Crippen LogP contribution is 2.22. The van der Waals surface area contributed by atoms with Gasteiger partial charge in [-0.1, -0.05) is 30.0 Å². The summed E-state index contributed by atoms with van der Waals surface area (Å²) in [6, 6.07) is 6.78. The first-order valence-electron chi connectivity index (χ1n) is 5.86. The third-order valence-electron chi connectivity index (χ3n) is 2.26. The van der Waals surface area contributed by atoms with Crippen LogP contribution in [0.2, 0.25) is 0 Å². The number of rotatable bonds is 5. The quantitative estimate of drug-likeness (QED) is 0.649. The zero-order chi connectivity index (χ0) is 14.4. The second kappa shape index (κ2) is 6.76. The second-order valence-electron chi connectivity index (χ2n) is 3.78. The molecule has 0 fully saturated rings. The number of benzene rings is 1. The van der Waals surface area contributed by atoms with Gasteiger partial charge in [0.25, 0.3) is 5.22 Å². The minimum atomic E-state index is -0.548. The van der Waals surface area contributed by atoms with E-state index in [1.807, 2.05) is 18.2 Å². The Kier molecular flexibility index (Phi) is 4.78.